The van der Waals surface area contributed by atoms with Crippen LogP contribution in [-0.2, 0) is 0 Å². The standard InChI is InChI=1S/C11H12BrNO2/c1-13-5-9(6-13)15-11-3-2-8(7-14)4-10(11)12/h2-4,7,9H,5-6H2,1H3. The lowest BCUT2D eigenvalue weighted by Gasteiger charge is -2.36. The summed E-state index contributed by atoms with van der Waals surface area (Å²) in [6.07, 6.45) is 1.10. The van der Waals surface area contributed by atoms with Crippen LogP contribution in [0, 0.1) is 0 Å². The number of aldehydes is 1. The van der Waals surface area contributed by atoms with Gasteiger partial charge in [0.05, 0.1) is 4.47 Å². The Morgan fingerprint density at radius 3 is 2.80 bits per heavy atom. The number of nitrogens with zero attached hydrogens (tertiary/aromatic N) is 1. The van der Waals surface area contributed by atoms with E-state index >= 15 is 0 Å². The molecule has 1 aliphatic heterocycles. The molecule has 0 saturated carbocycles. The van der Waals surface area contributed by atoms with E-state index in [2.05, 4.69) is 27.9 Å². The average Bonchev–Trinajstić information content (AvgIpc) is 2.18. The molecule has 1 fully saturated rings. The Kier molecular flexibility index (Phi) is 3.07. The van der Waals surface area contributed by atoms with Crippen LogP contribution in [0.3, 0.4) is 0 Å². The van der Waals surface area contributed by atoms with Crippen molar-refractivity contribution in [2.45, 2.75) is 6.10 Å². The van der Waals surface area contributed by atoms with Crippen LogP contribution in [0.2, 0.25) is 0 Å². The molecule has 1 heterocycles. The van der Waals surface area contributed by atoms with Crippen molar-refractivity contribution in [2.75, 3.05) is 20.1 Å². The zero-order valence-electron chi connectivity index (χ0n) is 8.44. The summed E-state index contributed by atoms with van der Waals surface area (Å²) >= 11 is 3.39. The molecule has 2 rings (SSSR count). The van der Waals surface area contributed by atoms with Crippen molar-refractivity contribution in [1.29, 1.82) is 0 Å². The SMILES string of the molecule is CN1CC(Oc2ccc(C=O)cc2Br)C1. The molecule has 1 saturated heterocycles. The van der Waals surface area contributed by atoms with Gasteiger partial charge in [0, 0.05) is 18.7 Å². The molecule has 1 aromatic carbocycles. The third-order valence-electron chi connectivity index (χ3n) is 2.42. The van der Waals surface area contributed by atoms with Gasteiger partial charge in [0.2, 0.25) is 0 Å². The highest BCUT2D eigenvalue weighted by Gasteiger charge is 2.25. The second kappa shape index (κ2) is 4.33. The fourth-order valence-electron chi connectivity index (χ4n) is 1.58. The number of likely N-dealkylation sites (tertiary alicyclic amines) is 1. The van der Waals surface area contributed by atoms with E-state index < -0.39 is 0 Å². The predicted molar refractivity (Wildman–Crippen MR) is 61.4 cm³/mol. The Hall–Kier alpha value is -0.870. The monoisotopic (exact) mass is 269 g/mol. The number of halogens is 1. The maximum Gasteiger partial charge on any atom is 0.150 e. The van der Waals surface area contributed by atoms with Crippen LogP contribution in [0.15, 0.2) is 22.7 Å². The van der Waals surface area contributed by atoms with Crippen LogP contribution in [0.1, 0.15) is 10.4 Å². The van der Waals surface area contributed by atoms with Crippen LogP contribution in [0.25, 0.3) is 0 Å². The summed E-state index contributed by atoms with van der Waals surface area (Å²) in [7, 11) is 2.06. The molecule has 80 valence electrons. The van der Waals surface area contributed by atoms with Crippen LogP contribution >= 0.6 is 15.9 Å². The summed E-state index contributed by atoms with van der Waals surface area (Å²) in [5.41, 5.74) is 0.653. The Labute approximate surface area is 97.2 Å². The summed E-state index contributed by atoms with van der Waals surface area (Å²) < 4.78 is 6.58. The molecule has 0 unspecified atom stereocenters. The zero-order valence-corrected chi connectivity index (χ0v) is 10.0. The Balaban J connectivity index is 2.05. The van der Waals surface area contributed by atoms with E-state index in [9.17, 15) is 4.79 Å². The first kappa shape index (κ1) is 10.6. The third kappa shape index (κ3) is 2.38. The summed E-state index contributed by atoms with van der Waals surface area (Å²) in [6, 6.07) is 5.35. The summed E-state index contributed by atoms with van der Waals surface area (Å²) in [4.78, 5) is 12.7. The molecule has 0 N–H and O–H groups in total. The van der Waals surface area contributed by atoms with Gasteiger partial charge in [-0.2, -0.15) is 0 Å². The number of benzene rings is 1. The van der Waals surface area contributed by atoms with E-state index in [0.29, 0.717) is 5.56 Å². The normalized spacial score (nSPS) is 17.2. The van der Waals surface area contributed by atoms with Crippen molar-refractivity contribution < 1.29 is 9.53 Å². The van der Waals surface area contributed by atoms with Crippen molar-refractivity contribution in [3.63, 3.8) is 0 Å². The van der Waals surface area contributed by atoms with Gasteiger partial charge in [-0.3, -0.25) is 9.69 Å². The molecule has 0 aliphatic carbocycles. The molecule has 0 spiro atoms. The van der Waals surface area contributed by atoms with Crippen molar-refractivity contribution in [3.8, 4) is 5.75 Å². The fourth-order valence-corrected chi connectivity index (χ4v) is 2.07. The molecule has 0 amide bonds. The minimum absolute atomic E-state index is 0.272. The highest BCUT2D eigenvalue weighted by atomic mass is 79.9. The van der Waals surface area contributed by atoms with Gasteiger partial charge in [-0.05, 0) is 41.2 Å². The molecule has 3 nitrogen and oxygen atoms in total. The van der Waals surface area contributed by atoms with Crippen molar-refractivity contribution in [1.82, 2.24) is 4.90 Å². The zero-order chi connectivity index (χ0) is 10.8. The molecule has 15 heavy (non-hydrogen) atoms. The van der Waals surface area contributed by atoms with Crippen molar-refractivity contribution >= 4 is 22.2 Å². The molecule has 0 bridgehead atoms. The molecule has 0 radical (unpaired) electrons. The van der Waals surface area contributed by atoms with Gasteiger partial charge in [0.25, 0.3) is 0 Å². The maximum absolute atomic E-state index is 10.5. The molecule has 0 atom stereocenters. The van der Waals surface area contributed by atoms with Gasteiger partial charge in [0.1, 0.15) is 18.1 Å². The Morgan fingerprint density at radius 2 is 2.27 bits per heavy atom. The highest BCUT2D eigenvalue weighted by Crippen LogP contribution is 2.27. The largest absolute Gasteiger partial charge is 0.487 e. The number of likely N-dealkylation sites (N-methyl/N-ethyl adjacent to an activating group) is 1. The van der Waals surface area contributed by atoms with Crippen LogP contribution in [-0.4, -0.2) is 37.4 Å². The lowest BCUT2D eigenvalue weighted by Crippen LogP contribution is -2.51. The summed E-state index contributed by atoms with van der Waals surface area (Å²) in [5, 5.41) is 0. The minimum atomic E-state index is 0.272. The van der Waals surface area contributed by atoms with E-state index in [4.69, 9.17) is 4.74 Å². The Morgan fingerprint density at radius 1 is 1.53 bits per heavy atom. The van der Waals surface area contributed by atoms with Gasteiger partial charge in [-0.15, -0.1) is 0 Å². The number of carbonyl (C=O) groups is 1. The minimum Gasteiger partial charge on any atom is -0.487 e. The smallest absolute Gasteiger partial charge is 0.150 e. The second-order valence-corrected chi connectivity index (χ2v) is 4.62. The van der Waals surface area contributed by atoms with E-state index in [1.165, 1.54) is 0 Å². The summed E-state index contributed by atoms with van der Waals surface area (Å²) in [6.45, 7) is 1.92. The number of hydrogen-bond donors (Lipinski definition) is 0. The lowest BCUT2D eigenvalue weighted by molar-refractivity contribution is 0.0383. The molecule has 0 aromatic heterocycles. The quantitative estimate of drug-likeness (QED) is 0.786. The molecular weight excluding hydrogens is 258 g/mol. The third-order valence-corrected chi connectivity index (χ3v) is 3.04. The van der Waals surface area contributed by atoms with E-state index in [1.54, 1.807) is 12.1 Å². The molecule has 4 heteroatoms. The number of hydrogen-bond acceptors (Lipinski definition) is 3. The van der Waals surface area contributed by atoms with Gasteiger partial charge < -0.3 is 4.74 Å². The number of rotatable bonds is 3. The van der Waals surface area contributed by atoms with E-state index in [1.807, 2.05) is 6.07 Å². The molecular formula is C11H12BrNO2. The van der Waals surface area contributed by atoms with Crippen molar-refractivity contribution in [3.05, 3.63) is 28.2 Å². The van der Waals surface area contributed by atoms with Crippen LogP contribution < -0.4 is 4.74 Å². The lowest BCUT2D eigenvalue weighted by atomic mass is 10.2. The number of ether oxygens (including phenoxy) is 1. The van der Waals surface area contributed by atoms with E-state index in [0.717, 1.165) is 29.6 Å². The van der Waals surface area contributed by atoms with Gasteiger partial charge in [-0.25, -0.2) is 0 Å². The summed E-state index contributed by atoms with van der Waals surface area (Å²) in [5.74, 6) is 0.804. The first-order valence-electron chi connectivity index (χ1n) is 4.79. The van der Waals surface area contributed by atoms with E-state index in [-0.39, 0.29) is 6.10 Å². The molecule has 1 aromatic rings. The first-order valence-corrected chi connectivity index (χ1v) is 5.58. The van der Waals surface area contributed by atoms with Crippen LogP contribution in [0.4, 0.5) is 0 Å². The average molecular weight is 270 g/mol. The van der Waals surface area contributed by atoms with Gasteiger partial charge in [-0.1, -0.05) is 0 Å². The number of carbonyl (C=O) groups excluding carboxylic acids is 1. The first-order chi connectivity index (χ1) is 7.19. The van der Waals surface area contributed by atoms with Crippen LogP contribution in [0.5, 0.6) is 5.75 Å². The second-order valence-electron chi connectivity index (χ2n) is 3.77. The highest BCUT2D eigenvalue weighted by molar-refractivity contribution is 9.10. The predicted octanol–water partition coefficient (Wildman–Crippen LogP) is 1.95. The Bertz CT molecular complexity index is 375. The molecule has 1 aliphatic rings. The van der Waals surface area contributed by atoms with Gasteiger partial charge >= 0.3 is 0 Å². The topological polar surface area (TPSA) is 29.5 Å². The van der Waals surface area contributed by atoms with Crippen molar-refractivity contribution in [2.24, 2.45) is 0 Å². The fraction of sp³-hybridized carbons (Fsp3) is 0.364. The maximum atomic E-state index is 10.5. The van der Waals surface area contributed by atoms with Gasteiger partial charge in [0.15, 0.2) is 0 Å².